The van der Waals surface area contributed by atoms with E-state index in [0.29, 0.717) is 5.56 Å². The van der Waals surface area contributed by atoms with E-state index in [2.05, 4.69) is 0 Å². The first kappa shape index (κ1) is 15.0. The molecule has 6 nitrogen and oxygen atoms in total. The van der Waals surface area contributed by atoms with E-state index < -0.39 is 22.0 Å². The van der Waals surface area contributed by atoms with Gasteiger partial charge in [0.1, 0.15) is 0 Å². The minimum atomic E-state index is -3.31. The van der Waals surface area contributed by atoms with Gasteiger partial charge in [-0.15, -0.1) is 0 Å². The van der Waals surface area contributed by atoms with E-state index >= 15 is 0 Å². The average Bonchev–Trinajstić information content (AvgIpc) is 2.63. The number of amides is 1. The molecule has 1 heterocycles. The fourth-order valence-corrected chi connectivity index (χ4v) is 4.15. The largest absolute Gasteiger partial charge is 0.390 e. The van der Waals surface area contributed by atoms with Crippen LogP contribution < -0.4 is 0 Å². The number of aliphatic hydroxyl groups excluding tert-OH is 1. The van der Waals surface area contributed by atoms with Gasteiger partial charge in [0, 0.05) is 19.7 Å². The van der Waals surface area contributed by atoms with Crippen molar-refractivity contribution in [2.75, 3.05) is 25.6 Å². The highest BCUT2D eigenvalue weighted by molar-refractivity contribution is 7.91. The third-order valence-electron chi connectivity index (χ3n) is 3.27. The molecule has 0 saturated carbocycles. The third kappa shape index (κ3) is 3.00. The van der Waals surface area contributed by atoms with Crippen LogP contribution >= 0.6 is 0 Å². The van der Waals surface area contributed by atoms with Crippen molar-refractivity contribution in [3.63, 3.8) is 0 Å². The predicted octanol–water partition coefficient (Wildman–Crippen LogP) is -0.237. The van der Waals surface area contributed by atoms with E-state index in [9.17, 15) is 18.3 Å². The van der Waals surface area contributed by atoms with Crippen LogP contribution in [0, 0.1) is 0 Å². The first-order valence-corrected chi connectivity index (χ1v) is 8.08. The topological polar surface area (TPSA) is 77.9 Å². The number of carbonyl (C=O) groups excluding carboxylic acids is 1. The molecular formula is C13H18N2O4S. The number of hydrogen-bond acceptors (Lipinski definition) is 5. The highest BCUT2D eigenvalue weighted by Crippen LogP contribution is 2.21. The van der Waals surface area contributed by atoms with Crippen molar-refractivity contribution in [2.45, 2.75) is 12.1 Å². The molecule has 2 atom stereocenters. The number of hydrogen-bond donors (Lipinski definition) is 1. The predicted molar refractivity (Wildman–Crippen MR) is 74.7 cm³/mol. The Balaban J connectivity index is 2.31. The van der Waals surface area contributed by atoms with Gasteiger partial charge >= 0.3 is 0 Å². The number of carbonyl (C=O) groups is 1. The van der Waals surface area contributed by atoms with Gasteiger partial charge in [0.25, 0.3) is 5.91 Å². The van der Waals surface area contributed by atoms with Crippen molar-refractivity contribution in [2.24, 2.45) is 0 Å². The standard InChI is InChI=1S/C13H18N2O4S/c1-14(2)15(11-8-20(18,19)9-12(11)16)13(17)10-6-4-3-5-7-10/h3-7,11-12,16H,8-9H2,1-2H3. The van der Waals surface area contributed by atoms with Crippen LogP contribution in [0.2, 0.25) is 0 Å². The number of sulfone groups is 1. The van der Waals surface area contributed by atoms with Crippen LogP contribution in [0.1, 0.15) is 10.4 Å². The maximum atomic E-state index is 12.5. The molecule has 110 valence electrons. The highest BCUT2D eigenvalue weighted by Gasteiger charge is 2.43. The first-order valence-electron chi connectivity index (χ1n) is 6.26. The van der Waals surface area contributed by atoms with Crippen molar-refractivity contribution < 1.29 is 18.3 Å². The van der Waals surface area contributed by atoms with Crippen LogP contribution in [0.4, 0.5) is 0 Å². The Hall–Kier alpha value is -1.44. The Bertz CT molecular complexity index is 586. The molecule has 1 aliphatic rings. The lowest BCUT2D eigenvalue weighted by Gasteiger charge is -2.35. The highest BCUT2D eigenvalue weighted by atomic mass is 32.2. The Kier molecular flexibility index (Phi) is 4.12. The summed E-state index contributed by atoms with van der Waals surface area (Å²) in [5.41, 5.74) is 0.456. The van der Waals surface area contributed by atoms with E-state index in [4.69, 9.17) is 0 Å². The summed E-state index contributed by atoms with van der Waals surface area (Å²) in [5.74, 6) is -0.841. The molecule has 1 aromatic carbocycles. The Morgan fingerprint density at radius 1 is 1.20 bits per heavy atom. The summed E-state index contributed by atoms with van der Waals surface area (Å²) >= 11 is 0. The quantitative estimate of drug-likeness (QED) is 0.780. The summed E-state index contributed by atoms with van der Waals surface area (Å²) in [6.45, 7) is 0. The first-order chi connectivity index (χ1) is 9.32. The molecule has 1 amide bonds. The van der Waals surface area contributed by atoms with E-state index in [1.807, 2.05) is 0 Å². The van der Waals surface area contributed by atoms with Crippen molar-refractivity contribution in [3.05, 3.63) is 35.9 Å². The van der Waals surface area contributed by atoms with Gasteiger partial charge in [-0.3, -0.25) is 9.80 Å². The monoisotopic (exact) mass is 298 g/mol. The van der Waals surface area contributed by atoms with Crippen LogP contribution in [0.25, 0.3) is 0 Å². The molecule has 1 N–H and O–H groups in total. The lowest BCUT2D eigenvalue weighted by Crippen LogP contribution is -2.53. The zero-order chi connectivity index (χ0) is 14.9. The van der Waals surface area contributed by atoms with Crippen molar-refractivity contribution in [1.82, 2.24) is 10.0 Å². The maximum absolute atomic E-state index is 12.5. The van der Waals surface area contributed by atoms with Gasteiger partial charge in [-0.25, -0.2) is 13.4 Å². The van der Waals surface area contributed by atoms with Gasteiger partial charge in [-0.05, 0) is 12.1 Å². The molecule has 0 radical (unpaired) electrons. The molecule has 0 spiro atoms. The van der Waals surface area contributed by atoms with Gasteiger partial charge in [0.15, 0.2) is 9.84 Å². The van der Waals surface area contributed by atoms with Crippen LogP contribution in [-0.2, 0) is 9.84 Å². The van der Waals surface area contributed by atoms with Crippen LogP contribution in [0.5, 0.6) is 0 Å². The van der Waals surface area contributed by atoms with Gasteiger partial charge in [-0.1, -0.05) is 18.2 Å². The number of nitrogens with zero attached hydrogens (tertiary/aromatic N) is 2. The summed E-state index contributed by atoms with van der Waals surface area (Å²) in [7, 11) is -0.00688. The van der Waals surface area contributed by atoms with E-state index in [0.717, 1.165) is 0 Å². The summed E-state index contributed by atoms with van der Waals surface area (Å²) < 4.78 is 23.2. The Morgan fingerprint density at radius 3 is 2.25 bits per heavy atom. The minimum absolute atomic E-state index is 0.217. The van der Waals surface area contributed by atoms with Gasteiger partial charge in [0.2, 0.25) is 0 Å². The van der Waals surface area contributed by atoms with Crippen molar-refractivity contribution in [1.29, 1.82) is 0 Å². The number of benzene rings is 1. The summed E-state index contributed by atoms with van der Waals surface area (Å²) in [4.78, 5) is 12.5. The molecule has 2 rings (SSSR count). The van der Waals surface area contributed by atoms with E-state index in [1.54, 1.807) is 44.4 Å². The smallest absolute Gasteiger partial charge is 0.268 e. The molecular weight excluding hydrogens is 280 g/mol. The van der Waals surface area contributed by atoms with Crippen LogP contribution in [0.3, 0.4) is 0 Å². The second-order valence-corrected chi connectivity index (χ2v) is 7.23. The molecule has 0 aliphatic carbocycles. The van der Waals surface area contributed by atoms with Crippen molar-refractivity contribution in [3.8, 4) is 0 Å². The maximum Gasteiger partial charge on any atom is 0.268 e. The van der Waals surface area contributed by atoms with Crippen LogP contribution in [0.15, 0.2) is 30.3 Å². The molecule has 20 heavy (non-hydrogen) atoms. The van der Waals surface area contributed by atoms with Gasteiger partial charge < -0.3 is 5.11 Å². The second kappa shape index (κ2) is 5.51. The van der Waals surface area contributed by atoms with E-state index in [-0.39, 0.29) is 17.4 Å². The van der Waals surface area contributed by atoms with Crippen molar-refractivity contribution >= 4 is 15.7 Å². The molecule has 1 saturated heterocycles. The lowest BCUT2D eigenvalue weighted by molar-refractivity contribution is -0.0283. The van der Waals surface area contributed by atoms with Crippen LogP contribution in [-0.4, -0.2) is 67.2 Å². The lowest BCUT2D eigenvalue weighted by atomic mass is 10.1. The summed E-state index contributed by atoms with van der Waals surface area (Å²) in [6.07, 6.45) is -1.06. The zero-order valence-electron chi connectivity index (χ0n) is 11.4. The SMILES string of the molecule is CN(C)N(C(=O)c1ccccc1)C1CS(=O)(=O)CC1O. The zero-order valence-corrected chi connectivity index (χ0v) is 12.2. The second-order valence-electron chi connectivity index (χ2n) is 5.07. The summed E-state index contributed by atoms with van der Waals surface area (Å²) in [5, 5.41) is 12.8. The minimum Gasteiger partial charge on any atom is -0.390 e. The molecule has 7 heteroatoms. The third-order valence-corrected chi connectivity index (χ3v) is 4.97. The number of rotatable bonds is 3. The Labute approximate surface area is 118 Å². The number of aliphatic hydroxyl groups is 1. The fraction of sp³-hybridized carbons (Fsp3) is 0.462. The molecule has 0 aromatic heterocycles. The normalized spacial score (nSPS) is 24.8. The molecule has 0 bridgehead atoms. The number of hydrazine groups is 1. The molecule has 1 fully saturated rings. The molecule has 1 aliphatic heterocycles. The molecule has 1 aromatic rings. The fourth-order valence-electron chi connectivity index (χ4n) is 2.39. The van der Waals surface area contributed by atoms with Gasteiger partial charge in [0.05, 0.1) is 23.7 Å². The van der Waals surface area contributed by atoms with E-state index in [1.165, 1.54) is 10.0 Å². The Morgan fingerprint density at radius 2 is 1.80 bits per heavy atom. The summed E-state index contributed by atoms with van der Waals surface area (Å²) in [6, 6.07) is 7.85. The van der Waals surface area contributed by atoms with Gasteiger partial charge in [-0.2, -0.15) is 0 Å². The molecule has 2 unspecified atom stereocenters. The average molecular weight is 298 g/mol.